The molecule has 0 unspecified atom stereocenters. The highest BCUT2D eigenvalue weighted by molar-refractivity contribution is 6.48. The molecule has 0 saturated heterocycles. The second-order valence-corrected chi connectivity index (χ2v) is 16.3. The molecule has 2 aromatic carbocycles. The fourth-order valence-electron chi connectivity index (χ4n) is 3.72. The van der Waals surface area contributed by atoms with Gasteiger partial charge in [-0.1, -0.05) is 102 Å². The minimum atomic E-state index is -0.738. The summed E-state index contributed by atoms with van der Waals surface area (Å²) < 4.78 is 17.9. The lowest BCUT2D eigenvalue weighted by molar-refractivity contribution is 0.195. The normalized spacial score (nSPS) is 13.1. The molecular weight excluding hydrogens is 489 g/mol. The predicted octanol–water partition coefficient (Wildman–Crippen LogP) is 8.56. The summed E-state index contributed by atoms with van der Waals surface area (Å²) in [6.45, 7) is 24.7. The van der Waals surface area contributed by atoms with Crippen molar-refractivity contribution in [1.29, 1.82) is 0 Å². The minimum Gasteiger partial charge on any atom is -0.413 e. The Kier molecular flexibility index (Phi) is 12.2. The van der Waals surface area contributed by atoms with Crippen molar-refractivity contribution in [2.24, 2.45) is 0 Å². The topological polar surface area (TPSA) is 27.7 Å². The van der Waals surface area contributed by atoms with Crippen LogP contribution in [0.1, 0.15) is 74.9 Å². The summed E-state index contributed by atoms with van der Waals surface area (Å²) in [5.41, 5.74) is 7.79. The van der Waals surface area contributed by atoms with E-state index in [9.17, 15) is 0 Å². The van der Waals surface area contributed by atoms with Crippen molar-refractivity contribution in [3.8, 4) is 0 Å². The van der Waals surface area contributed by atoms with Gasteiger partial charge in [-0.25, -0.2) is 0 Å². The number of hydrogen-bond acceptors (Lipinski definition) is 3. The molecule has 3 nitrogen and oxygen atoms in total. The average Bonchev–Trinajstić information content (AvgIpc) is 2.80. The third kappa shape index (κ3) is 11.2. The van der Waals surface area contributed by atoms with Crippen LogP contribution in [0.5, 0.6) is 0 Å². The van der Waals surface area contributed by atoms with Crippen LogP contribution in [0, 0.1) is 0 Å². The van der Waals surface area contributed by atoms with Crippen LogP contribution in [0.25, 0.3) is 12.2 Å². The van der Waals surface area contributed by atoms with Gasteiger partial charge in [0.15, 0.2) is 0 Å². The van der Waals surface area contributed by atoms with Crippen LogP contribution in [0.2, 0.25) is 26.2 Å². The first-order valence-electron chi connectivity index (χ1n) is 13.3. The Morgan fingerprint density at radius 2 is 1.00 bits per heavy atom. The lowest BCUT2D eigenvalue weighted by atomic mass is 9.85. The molecule has 0 aliphatic heterocycles. The third-order valence-electron chi connectivity index (χ3n) is 6.07. The highest BCUT2D eigenvalue weighted by Crippen LogP contribution is 2.27. The van der Waals surface area contributed by atoms with E-state index in [1.54, 1.807) is 0 Å². The van der Waals surface area contributed by atoms with Crippen LogP contribution in [0.15, 0.2) is 48.6 Å². The molecule has 0 atom stereocenters. The van der Waals surface area contributed by atoms with E-state index >= 15 is 0 Å². The van der Waals surface area contributed by atoms with Crippen LogP contribution in [0.4, 0.5) is 0 Å². The van der Waals surface area contributed by atoms with Crippen LogP contribution in [-0.4, -0.2) is 31.3 Å². The van der Waals surface area contributed by atoms with Crippen LogP contribution >= 0.6 is 0 Å². The molecule has 2 aromatic rings. The van der Waals surface area contributed by atoms with Crippen molar-refractivity contribution in [3.63, 3.8) is 0 Å². The fourth-order valence-corrected chi connectivity index (χ4v) is 4.61. The Balaban J connectivity index is 2.01. The van der Waals surface area contributed by atoms with Gasteiger partial charge in [-0.15, -0.1) is 0 Å². The van der Waals surface area contributed by atoms with Crippen molar-refractivity contribution in [2.45, 2.75) is 91.8 Å². The van der Waals surface area contributed by atoms with E-state index in [0.29, 0.717) is 26.4 Å². The maximum absolute atomic E-state index is 6.02. The number of rotatable bonds is 12. The van der Waals surface area contributed by atoms with E-state index in [1.807, 2.05) is 0 Å². The van der Waals surface area contributed by atoms with Crippen LogP contribution in [-0.2, 0) is 37.6 Å². The summed E-state index contributed by atoms with van der Waals surface area (Å²) in [7, 11) is -1.48. The molecule has 202 valence electrons. The van der Waals surface area contributed by atoms with E-state index in [0.717, 1.165) is 0 Å². The Hall–Kier alpha value is -1.77. The van der Waals surface area contributed by atoms with Crippen molar-refractivity contribution in [1.82, 2.24) is 0 Å². The monoisotopic (exact) mass is 536 g/mol. The largest absolute Gasteiger partial charge is 0.413 e. The maximum Gasteiger partial charge on any atom is 0.205 e. The summed E-state index contributed by atoms with van der Waals surface area (Å²) in [6.07, 6.45) is 8.50. The summed E-state index contributed by atoms with van der Waals surface area (Å²) in [6, 6.07) is 13.5. The zero-order chi connectivity index (χ0) is 27.6. The summed E-state index contributed by atoms with van der Waals surface area (Å²) in [5.74, 6) is 0. The van der Waals surface area contributed by atoms with Crippen molar-refractivity contribution in [2.75, 3.05) is 13.2 Å². The number of ether oxygens (including phenoxy) is 1. The molecule has 37 heavy (non-hydrogen) atoms. The van der Waals surface area contributed by atoms with Crippen molar-refractivity contribution >= 4 is 30.2 Å². The Morgan fingerprint density at radius 3 is 1.32 bits per heavy atom. The first-order chi connectivity index (χ1) is 17.3. The van der Waals surface area contributed by atoms with Crippen molar-refractivity contribution < 1.29 is 13.6 Å². The molecule has 2 radical (unpaired) electrons. The number of hydrogen-bond donors (Lipinski definition) is 0. The van der Waals surface area contributed by atoms with E-state index in [1.165, 1.54) is 33.4 Å². The smallest absolute Gasteiger partial charge is 0.205 e. The molecule has 5 heteroatoms. The quantitative estimate of drug-likeness (QED) is 0.201. The first-order valence-corrected chi connectivity index (χ1v) is 18.1. The highest BCUT2D eigenvalue weighted by atomic mass is 28.3. The van der Waals surface area contributed by atoms with E-state index < -0.39 is 18.1 Å². The lowest BCUT2D eigenvalue weighted by Gasteiger charge is -2.21. The van der Waals surface area contributed by atoms with Crippen molar-refractivity contribution in [3.05, 3.63) is 81.9 Å². The molecule has 0 fully saturated rings. The van der Waals surface area contributed by atoms with Crippen LogP contribution in [0.3, 0.4) is 0 Å². The standard InChI is InChI=1S/C32H48O3Si2/c1-31(2,3)29-17-15-25(27(21-29)23-34-36(7)8)13-11-19-33-20-12-14-26-16-18-30(32(4,5)6)22-28(26)24-35-37(9)10/h11-18,21-22H,19-20,23-24H2,1-10H3. The lowest BCUT2D eigenvalue weighted by Crippen LogP contribution is -2.13. The van der Waals surface area contributed by atoms with Gasteiger partial charge in [0.2, 0.25) is 18.1 Å². The molecule has 0 heterocycles. The summed E-state index contributed by atoms with van der Waals surface area (Å²) in [5, 5.41) is 0. The zero-order valence-electron chi connectivity index (χ0n) is 24.8. The highest BCUT2D eigenvalue weighted by Gasteiger charge is 2.16. The second-order valence-electron chi connectivity index (χ2n) is 12.1. The molecule has 0 aliphatic carbocycles. The molecule has 0 aromatic heterocycles. The molecule has 0 N–H and O–H groups in total. The zero-order valence-corrected chi connectivity index (χ0v) is 26.8. The molecule has 0 spiro atoms. The number of benzene rings is 2. The van der Waals surface area contributed by atoms with Gasteiger partial charge >= 0.3 is 0 Å². The molecular formula is C32H48O3Si2. The van der Waals surface area contributed by atoms with Gasteiger partial charge in [0, 0.05) is 0 Å². The minimum absolute atomic E-state index is 0.119. The van der Waals surface area contributed by atoms with Gasteiger partial charge in [0.05, 0.1) is 26.4 Å². The van der Waals surface area contributed by atoms with E-state index in [4.69, 9.17) is 13.6 Å². The predicted molar refractivity (Wildman–Crippen MR) is 164 cm³/mol. The van der Waals surface area contributed by atoms with Gasteiger partial charge in [-0.05, 0) is 70.4 Å². The molecule has 2 rings (SSSR count). The molecule has 0 saturated carbocycles. The Labute approximate surface area is 230 Å². The fraction of sp³-hybridized carbons (Fsp3) is 0.500. The van der Waals surface area contributed by atoms with Gasteiger partial charge in [0.25, 0.3) is 0 Å². The summed E-state index contributed by atoms with van der Waals surface area (Å²) in [4.78, 5) is 0. The third-order valence-corrected chi connectivity index (χ3v) is 7.52. The Bertz CT molecular complexity index is 957. The van der Waals surface area contributed by atoms with Gasteiger partial charge in [-0.3, -0.25) is 0 Å². The summed E-state index contributed by atoms with van der Waals surface area (Å²) >= 11 is 0. The maximum atomic E-state index is 6.02. The van der Waals surface area contributed by atoms with Crippen LogP contribution < -0.4 is 0 Å². The molecule has 0 bridgehead atoms. The average molecular weight is 537 g/mol. The van der Waals surface area contributed by atoms with Gasteiger partial charge < -0.3 is 13.6 Å². The molecule has 0 amide bonds. The van der Waals surface area contributed by atoms with E-state index in [-0.39, 0.29) is 10.8 Å². The second kappa shape index (κ2) is 14.4. The Morgan fingerprint density at radius 1 is 0.622 bits per heavy atom. The van der Waals surface area contributed by atoms with Gasteiger partial charge in [0.1, 0.15) is 0 Å². The first kappa shape index (κ1) is 31.5. The molecule has 0 aliphatic rings. The van der Waals surface area contributed by atoms with Gasteiger partial charge in [-0.2, -0.15) is 0 Å². The van der Waals surface area contributed by atoms with E-state index in [2.05, 4.69) is 128 Å². The SMILES string of the molecule is C[Si](C)OCc1cc(C(C)(C)C)ccc1C=CCOCC=Cc1ccc(C(C)(C)C)cc1CO[Si](C)C.